The fourth-order valence-electron chi connectivity index (χ4n) is 3.59. The zero-order chi connectivity index (χ0) is 14.7. The molecule has 2 nitrogen and oxygen atoms in total. The van der Waals surface area contributed by atoms with Gasteiger partial charge < -0.3 is 10.1 Å². The Morgan fingerprint density at radius 2 is 1.62 bits per heavy atom. The van der Waals surface area contributed by atoms with Gasteiger partial charge in [-0.3, -0.25) is 0 Å². The Labute approximate surface area is 133 Å². The highest BCUT2D eigenvalue weighted by atomic mass is 32.2. The van der Waals surface area contributed by atoms with Gasteiger partial charge in [-0.25, -0.2) is 0 Å². The van der Waals surface area contributed by atoms with Crippen molar-refractivity contribution in [3.63, 3.8) is 0 Å². The largest absolute Gasteiger partial charge is 0.382 e. The number of rotatable bonds is 4. The lowest BCUT2D eigenvalue weighted by atomic mass is 9.99. The van der Waals surface area contributed by atoms with Gasteiger partial charge in [-0.05, 0) is 63.8 Å². The quantitative estimate of drug-likeness (QED) is 0.837. The second-order valence-electron chi connectivity index (χ2n) is 6.62. The van der Waals surface area contributed by atoms with E-state index in [-0.39, 0.29) is 0 Å². The summed E-state index contributed by atoms with van der Waals surface area (Å²) in [5, 5.41) is 4.52. The molecule has 2 aliphatic rings. The van der Waals surface area contributed by atoms with Crippen LogP contribution in [0.1, 0.15) is 52.4 Å². The SMILES string of the molecule is CC1CC(Nc2ccc(SC3CCCC3)cc2)CC(C)O1. The Bertz CT molecular complexity index is 431. The molecule has 3 rings (SSSR count). The summed E-state index contributed by atoms with van der Waals surface area (Å²) in [4.78, 5) is 1.42. The van der Waals surface area contributed by atoms with E-state index in [2.05, 4.69) is 55.2 Å². The molecule has 1 saturated carbocycles. The van der Waals surface area contributed by atoms with Gasteiger partial charge in [0, 0.05) is 21.9 Å². The molecule has 2 unspecified atom stereocenters. The van der Waals surface area contributed by atoms with Crippen LogP contribution in [0.4, 0.5) is 5.69 Å². The molecule has 1 aromatic carbocycles. The number of anilines is 1. The molecule has 0 bridgehead atoms. The number of hydrogen-bond acceptors (Lipinski definition) is 3. The lowest BCUT2D eigenvalue weighted by Gasteiger charge is -2.33. The molecule has 1 N–H and O–H groups in total. The van der Waals surface area contributed by atoms with Crippen molar-refractivity contribution in [3.05, 3.63) is 24.3 Å². The van der Waals surface area contributed by atoms with Crippen LogP contribution in [0.2, 0.25) is 0 Å². The predicted octanol–water partition coefficient (Wildman–Crippen LogP) is 5.09. The first-order chi connectivity index (χ1) is 10.2. The summed E-state index contributed by atoms with van der Waals surface area (Å²) in [6.07, 6.45) is 8.54. The third-order valence-electron chi connectivity index (χ3n) is 4.53. The Kier molecular flexibility index (Phi) is 5.12. The summed E-state index contributed by atoms with van der Waals surface area (Å²) in [7, 11) is 0. The maximum atomic E-state index is 5.80. The van der Waals surface area contributed by atoms with Crippen molar-refractivity contribution >= 4 is 17.4 Å². The average molecular weight is 305 g/mol. The fourth-order valence-corrected chi connectivity index (χ4v) is 4.83. The molecule has 2 fully saturated rings. The maximum absolute atomic E-state index is 5.80. The van der Waals surface area contributed by atoms with Crippen LogP contribution in [0.25, 0.3) is 0 Å². The van der Waals surface area contributed by atoms with Crippen LogP contribution in [0.3, 0.4) is 0 Å². The van der Waals surface area contributed by atoms with Crippen LogP contribution in [0, 0.1) is 0 Å². The molecular formula is C18H27NOS. The third-order valence-corrected chi connectivity index (χ3v) is 5.88. The molecule has 2 atom stereocenters. The second kappa shape index (κ2) is 7.06. The molecule has 1 aliphatic heterocycles. The summed E-state index contributed by atoms with van der Waals surface area (Å²) in [6.45, 7) is 4.34. The van der Waals surface area contributed by atoms with E-state index in [0.29, 0.717) is 18.2 Å². The van der Waals surface area contributed by atoms with E-state index >= 15 is 0 Å². The van der Waals surface area contributed by atoms with Crippen LogP contribution in [-0.2, 0) is 4.74 Å². The molecule has 1 saturated heterocycles. The number of benzene rings is 1. The van der Waals surface area contributed by atoms with E-state index < -0.39 is 0 Å². The van der Waals surface area contributed by atoms with E-state index in [4.69, 9.17) is 4.74 Å². The molecule has 0 radical (unpaired) electrons. The fraction of sp³-hybridized carbons (Fsp3) is 0.667. The van der Waals surface area contributed by atoms with Gasteiger partial charge in [0.25, 0.3) is 0 Å². The maximum Gasteiger partial charge on any atom is 0.0570 e. The second-order valence-corrected chi connectivity index (χ2v) is 7.99. The molecule has 1 aliphatic carbocycles. The van der Waals surface area contributed by atoms with Gasteiger partial charge in [-0.2, -0.15) is 0 Å². The monoisotopic (exact) mass is 305 g/mol. The number of thioether (sulfide) groups is 1. The normalized spacial score (nSPS) is 30.5. The molecule has 1 aromatic rings. The van der Waals surface area contributed by atoms with Gasteiger partial charge in [-0.1, -0.05) is 12.8 Å². The van der Waals surface area contributed by atoms with E-state index in [1.807, 2.05) is 0 Å². The van der Waals surface area contributed by atoms with Crippen LogP contribution >= 0.6 is 11.8 Å². The minimum Gasteiger partial charge on any atom is -0.382 e. The Morgan fingerprint density at radius 1 is 1.00 bits per heavy atom. The Hall–Kier alpha value is -0.670. The van der Waals surface area contributed by atoms with Crippen LogP contribution in [0.15, 0.2) is 29.2 Å². The first kappa shape index (κ1) is 15.2. The highest BCUT2D eigenvalue weighted by Crippen LogP contribution is 2.35. The first-order valence-corrected chi connectivity index (χ1v) is 9.26. The topological polar surface area (TPSA) is 21.3 Å². The first-order valence-electron chi connectivity index (χ1n) is 8.38. The zero-order valence-corrected chi connectivity index (χ0v) is 14.0. The summed E-state index contributed by atoms with van der Waals surface area (Å²) >= 11 is 2.06. The van der Waals surface area contributed by atoms with Crippen LogP contribution in [0.5, 0.6) is 0 Å². The van der Waals surface area contributed by atoms with E-state index in [1.165, 1.54) is 36.3 Å². The van der Waals surface area contributed by atoms with Crippen molar-refractivity contribution in [1.82, 2.24) is 0 Å². The van der Waals surface area contributed by atoms with Gasteiger partial charge in [-0.15, -0.1) is 11.8 Å². The van der Waals surface area contributed by atoms with Crippen molar-refractivity contribution < 1.29 is 4.74 Å². The Morgan fingerprint density at radius 3 is 2.24 bits per heavy atom. The number of hydrogen-bond donors (Lipinski definition) is 1. The molecular weight excluding hydrogens is 278 g/mol. The van der Waals surface area contributed by atoms with E-state index in [1.54, 1.807) is 0 Å². The minimum atomic E-state index is 0.364. The number of nitrogens with one attached hydrogen (secondary N) is 1. The highest BCUT2D eigenvalue weighted by molar-refractivity contribution is 8.00. The van der Waals surface area contributed by atoms with Crippen molar-refractivity contribution in [2.75, 3.05) is 5.32 Å². The molecule has 1 heterocycles. The summed E-state index contributed by atoms with van der Waals surface area (Å²) < 4.78 is 5.80. The zero-order valence-electron chi connectivity index (χ0n) is 13.2. The van der Waals surface area contributed by atoms with Crippen molar-refractivity contribution in [2.24, 2.45) is 0 Å². The lowest BCUT2D eigenvalue weighted by molar-refractivity contribution is -0.0337. The summed E-state index contributed by atoms with van der Waals surface area (Å²) in [5.41, 5.74) is 1.25. The predicted molar refractivity (Wildman–Crippen MR) is 91.2 cm³/mol. The molecule has 0 spiro atoms. The van der Waals surface area contributed by atoms with Crippen molar-refractivity contribution in [1.29, 1.82) is 0 Å². The van der Waals surface area contributed by atoms with Crippen molar-refractivity contribution in [3.8, 4) is 0 Å². The van der Waals surface area contributed by atoms with Gasteiger partial charge >= 0.3 is 0 Å². The van der Waals surface area contributed by atoms with Crippen LogP contribution < -0.4 is 5.32 Å². The van der Waals surface area contributed by atoms with Gasteiger partial charge in [0.15, 0.2) is 0 Å². The average Bonchev–Trinajstić information content (AvgIpc) is 2.93. The molecule has 0 amide bonds. The van der Waals surface area contributed by atoms with E-state index in [9.17, 15) is 0 Å². The van der Waals surface area contributed by atoms with Crippen LogP contribution in [-0.4, -0.2) is 23.5 Å². The molecule has 21 heavy (non-hydrogen) atoms. The third kappa shape index (κ3) is 4.40. The molecule has 3 heteroatoms. The summed E-state index contributed by atoms with van der Waals surface area (Å²) in [6, 6.07) is 9.57. The van der Waals surface area contributed by atoms with Gasteiger partial charge in [0.1, 0.15) is 0 Å². The standard InChI is InChI=1S/C18H27NOS/c1-13-11-16(12-14(2)20-13)19-15-7-9-18(10-8-15)21-17-5-3-4-6-17/h7-10,13-14,16-17,19H,3-6,11-12H2,1-2H3. The molecule has 116 valence electrons. The lowest BCUT2D eigenvalue weighted by Crippen LogP contribution is -2.36. The van der Waals surface area contributed by atoms with Crippen molar-refractivity contribution in [2.45, 2.75) is 80.8 Å². The van der Waals surface area contributed by atoms with Gasteiger partial charge in [0.2, 0.25) is 0 Å². The number of ether oxygens (including phenoxy) is 1. The van der Waals surface area contributed by atoms with Gasteiger partial charge in [0.05, 0.1) is 12.2 Å². The summed E-state index contributed by atoms with van der Waals surface area (Å²) in [5.74, 6) is 0. The Balaban J connectivity index is 1.54. The smallest absolute Gasteiger partial charge is 0.0570 e. The highest BCUT2D eigenvalue weighted by Gasteiger charge is 2.24. The minimum absolute atomic E-state index is 0.364. The van der Waals surface area contributed by atoms with E-state index in [0.717, 1.165) is 18.1 Å². The molecule has 0 aromatic heterocycles.